The largest absolute Gasteiger partial charge is 0.497 e. The Kier molecular flexibility index (Phi) is 5.89. The number of anilines is 2. The second kappa shape index (κ2) is 8.93. The summed E-state index contributed by atoms with van der Waals surface area (Å²) in [7, 11) is 1.54. The van der Waals surface area contributed by atoms with Gasteiger partial charge in [-0.2, -0.15) is 0 Å². The van der Waals surface area contributed by atoms with E-state index in [9.17, 15) is 14.0 Å². The van der Waals surface area contributed by atoms with Crippen LogP contribution >= 0.6 is 0 Å². The fourth-order valence-corrected chi connectivity index (χ4v) is 3.47. The minimum Gasteiger partial charge on any atom is -0.497 e. The van der Waals surface area contributed by atoms with Gasteiger partial charge in [-0.15, -0.1) is 0 Å². The van der Waals surface area contributed by atoms with Crippen molar-refractivity contribution in [3.8, 4) is 11.5 Å². The van der Waals surface area contributed by atoms with Crippen molar-refractivity contribution in [2.24, 2.45) is 0 Å². The molecule has 1 heterocycles. The Hall–Kier alpha value is -4.13. The minimum atomic E-state index is -0.533. The first-order valence-corrected chi connectivity index (χ1v) is 10.0. The quantitative estimate of drug-likeness (QED) is 0.552. The zero-order chi connectivity index (χ0) is 22.7. The number of rotatable bonds is 7. The number of hydrogen-bond acceptors (Lipinski definition) is 5. The number of amides is 2. The van der Waals surface area contributed by atoms with Crippen molar-refractivity contribution < 1.29 is 23.5 Å². The lowest BCUT2D eigenvalue weighted by Crippen LogP contribution is -2.32. The molecule has 3 aromatic carbocycles. The van der Waals surface area contributed by atoms with Crippen molar-refractivity contribution in [2.75, 3.05) is 23.9 Å². The molecule has 0 atom stereocenters. The van der Waals surface area contributed by atoms with Crippen molar-refractivity contribution in [1.29, 1.82) is 0 Å². The number of benzene rings is 3. The van der Waals surface area contributed by atoms with Gasteiger partial charge in [0.05, 0.1) is 25.0 Å². The summed E-state index contributed by atoms with van der Waals surface area (Å²) in [5.74, 6) is -0.217. The van der Waals surface area contributed by atoms with Crippen LogP contribution in [-0.2, 0) is 9.59 Å². The lowest BCUT2D eigenvalue weighted by molar-refractivity contribution is -0.120. The van der Waals surface area contributed by atoms with Crippen molar-refractivity contribution in [2.45, 2.75) is 6.92 Å². The summed E-state index contributed by atoms with van der Waals surface area (Å²) in [6, 6.07) is 19.2. The molecule has 0 aliphatic carbocycles. The Bertz CT molecular complexity index is 1190. The molecular weight excluding hydrogens is 411 g/mol. The summed E-state index contributed by atoms with van der Waals surface area (Å²) in [4.78, 5) is 27.9. The molecule has 6 nitrogen and oxygen atoms in total. The molecule has 0 radical (unpaired) electrons. The fraction of sp³-hybridized carbons (Fsp3) is 0.120. The highest BCUT2D eigenvalue weighted by Crippen LogP contribution is 2.35. The normalized spacial score (nSPS) is 13.5. The summed E-state index contributed by atoms with van der Waals surface area (Å²) >= 11 is 0. The smallest absolute Gasteiger partial charge is 0.282 e. The molecule has 1 aliphatic rings. The van der Waals surface area contributed by atoms with Crippen LogP contribution in [0.15, 0.2) is 78.5 Å². The van der Waals surface area contributed by atoms with E-state index in [1.807, 2.05) is 6.92 Å². The topological polar surface area (TPSA) is 67.9 Å². The van der Waals surface area contributed by atoms with Crippen molar-refractivity contribution >= 4 is 28.8 Å². The van der Waals surface area contributed by atoms with Gasteiger partial charge in [-0.1, -0.05) is 18.2 Å². The number of carbonyl (C=O) groups is 2. The number of carbonyl (C=O) groups excluding carboxylic acids is 2. The number of methoxy groups -OCH3 is 1. The third kappa shape index (κ3) is 4.05. The molecule has 2 amide bonds. The number of hydrogen-bond donors (Lipinski definition) is 1. The van der Waals surface area contributed by atoms with E-state index in [4.69, 9.17) is 9.47 Å². The Balaban J connectivity index is 1.76. The molecule has 32 heavy (non-hydrogen) atoms. The van der Waals surface area contributed by atoms with E-state index < -0.39 is 17.6 Å². The molecule has 0 saturated heterocycles. The standard InChI is InChI=1S/C25H21FN2O4/c1-3-32-21-13-9-19(10-14-21)28-24(29)22(16-7-11-20(31-2)12-8-16)23(25(28)30)27-18-6-4-5-17(26)15-18/h4-15,27H,3H2,1-2H3. The Morgan fingerprint density at radius 3 is 2.22 bits per heavy atom. The third-order valence-corrected chi connectivity index (χ3v) is 4.96. The highest BCUT2D eigenvalue weighted by molar-refractivity contribution is 6.46. The van der Waals surface area contributed by atoms with Gasteiger partial charge >= 0.3 is 0 Å². The predicted octanol–water partition coefficient (Wildman–Crippen LogP) is 4.63. The van der Waals surface area contributed by atoms with Crippen molar-refractivity contribution in [3.05, 3.63) is 89.9 Å². The highest BCUT2D eigenvalue weighted by atomic mass is 19.1. The third-order valence-electron chi connectivity index (χ3n) is 4.96. The van der Waals surface area contributed by atoms with Crippen LogP contribution in [-0.4, -0.2) is 25.5 Å². The van der Waals surface area contributed by atoms with Gasteiger partial charge in [0.2, 0.25) is 0 Å². The van der Waals surface area contributed by atoms with Gasteiger partial charge in [0.15, 0.2) is 0 Å². The van der Waals surface area contributed by atoms with Crippen LogP contribution in [0.5, 0.6) is 11.5 Å². The zero-order valence-electron chi connectivity index (χ0n) is 17.6. The van der Waals surface area contributed by atoms with E-state index in [2.05, 4.69) is 5.32 Å². The number of nitrogens with zero attached hydrogens (tertiary/aromatic N) is 1. The number of nitrogens with one attached hydrogen (secondary N) is 1. The van der Waals surface area contributed by atoms with Gasteiger partial charge < -0.3 is 14.8 Å². The first kappa shape index (κ1) is 21.1. The summed E-state index contributed by atoms with van der Waals surface area (Å²) in [5.41, 5.74) is 1.57. The number of halogens is 1. The summed E-state index contributed by atoms with van der Waals surface area (Å²) in [6.45, 7) is 2.38. The van der Waals surface area contributed by atoms with Crippen LogP contribution in [0.3, 0.4) is 0 Å². The Labute approximate surface area is 184 Å². The van der Waals surface area contributed by atoms with Crippen LogP contribution in [0.1, 0.15) is 12.5 Å². The molecule has 4 rings (SSSR count). The van der Waals surface area contributed by atoms with Crippen molar-refractivity contribution in [1.82, 2.24) is 0 Å². The minimum absolute atomic E-state index is 0.0691. The number of imide groups is 1. The molecule has 162 valence electrons. The lowest BCUT2D eigenvalue weighted by Gasteiger charge is -2.16. The highest BCUT2D eigenvalue weighted by Gasteiger charge is 2.40. The number of ether oxygens (including phenoxy) is 2. The fourth-order valence-electron chi connectivity index (χ4n) is 3.47. The first-order valence-electron chi connectivity index (χ1n) is 10.0. The maximum Gasteiger partial charge on any atom is 0.282 e. The van der Waals surface area contributed by atoms with Crippen LogP contribution in [0.4, 0.5) is 15.8 Å². The predicted molar refractivity (Wildman–Crippen MR) is 120 cm³/mol. The van der Waals surface area contributed by atoms with E-state index in [0.29, 0.717) is 35.0 Å². The van der Waals surface area contributed by atoms with Gasteiger partial charge in [0, 0.05) is 5.69 Å². The van der Waals surface area contributed by atoms with E-state index in [0.717, 1.165) is 4.90 Å². The van der Waals surface area contributed by atoms with E-state index in [1.165, 1.54) is 18.2 Å². The Morgan fingerprint density at radius 2 is 1.59 bits per heavy atom. The van der Waals surface area contributed by atoms with E-state index >= 15 is 0 Å². The molecule has 0 spiro atoms. The zero-order valence-corrected chi connectivity index (χ0v) is 17.6. The molecule has 1 aliphatic heterocycles. The second-order valence-corrected chi connectivity index (χ2v) is 6.99. The molecule has 0 bridgehead atoms. The van der Waals surface area contributed by atoms with Crippen LogP contribution < -0.4 is 19.7 Å². The Morgan fingerprint density at radius 1 is 0.906 bits per heavy atom. The van der Waals surface area contributed by atoms with Gasteiger partial charge in [-0.3, -0.25) is 9.59 Å². The monoisotopic (exact) mass is 432 g/mol. The maximum absolute atomic E-state index is 13.7. The molecule has 0 fully saturated rings. The van der Waals surface area contributed by atoms with E-state index in [-0.39, 0.29) is 11.3 Å². The second-order valence-electron chi connectivity index (χ2n) is 6.99. The molecule has 0 unspecified atom stereocenters. The van der Waals surface area contributed by atoms with Gasteiger partial charge in [-0.25, -0.2) is 9.29 Å². The molecule has 0 saturated carbocycles. The average Bonchev–Trinajstić information content (AvgIpc) is 3.04. The first-order chi connectivity index (χ1) is 15.5. The van der Waals surface area contributed by atoms with Gasteiger partial charge in [0.25, 0.3) is 11.8 Å². The van der Waals surface area contributed by atoms with Gasteiger partial charge in [0.1, 0.15) is 23.0 Å². The molecule has 0 aromatic heterocycles. The molecule has 1 N–H and O–H groups in total. The maximum atomic E-state index is 13.7. The summed E-state index contributed by atoms with van der Waals surface area (Å²) in [5, 5.41) is 2.94. The SMILES string of the molecule is CCOc1ccc(N2C(=O)C(Nc3cccc(F)c3)=C(c3ccc(OC)cc3)C2=O)cc1. The van der Waals surface area contributed by atoms with Crippen molar-refractivity contribution in [3.63, 3.8) is 0 Å². The lowest BCUT2D eigenvalue weighted by atomic mass is 10.0. The summed E-state index contributed by atoms with van der Waals surface area (Å²) < 4.78 is 24.3. The van der Waals surface area contributed by atoms with Crippen LogP contribution in [0.25, 0.3) is 5.57 Å². The summed E-state index contributed by atoms with van der Waals surface area (Å²) in [6.07, 6.45) is 0. The van der Waals surface area contributed by atoms with Crippen LogP contribution in [0, 0.1) is 5.82 Å². The molecule has 7 heteroatoms. The van der Waals surface area contributed by atoms with E-state index in [1.54, 1.807) is 61.7 Å². The average molecular weight is 432 g/mol. The molecule has 3 aromatic rings. The molecular formula is C25H21FN2O4. The van der Waals surface area contributed by atoms with Gasteiger partial charge in [-0.05, 0) is 67.1 Å². The van der Waals surface area contributed by atoms with Crippen LogP contribution in [0.2, 0.25) is 0 Å².